The van der Waals surface area contributed by atoms with Crippen LogP contribution in [0.5, 0.6) is 5.75 Å². The van der Waals surface area contributed by atoms with E-state index in [-0.39, 0.29) is 24.0 Å². The highest BCUT2D eigenvalue weighted by Crippen LogP contribution is 2.26. The van der Waals surface area contributed by atoms with Crippen LogP contribution in [0.4, 0.5) is 5.69 Å². The van der Waals surface area contributed by atoms with Crippen molar-refractivity contribution in [1.82, 2.24) is 16.2 Å². The number of hydrazine groups is 1. The van der Waals surface area contributed by atoms with Gasteiger partial charge in [0.25, 0.3) is 0 Å². The standard InChI is InChI=1S/C23H30N4O2/c1-16-5-3-7-19(13-16)27-11-9-18(10-12-27)24-23(28)22-15-21(25-26-22)17-6-4-8-20(14-17)29-2/h3-8,13-14,18,21-22,25-26H,9-12,15H2,1-2H3,(H,24,28). The maximum Gasteiger partial charge on any atom is 0.238 e. The number of rotatable bonds is 5. The number of carbonyl (C=O) groups excluding carboxylic acids is 1. The number of nitrogens with one attached hydrogen (secondary N) is 3. The van der Waals surface area contributed by atoms with Crippen molar-refractivity contribution < 1.29 is 9.53 Å². The van der Waals surface area contributed by atoms with Crippen molar-refractivity contribution in [3.63, 3.8) is 0 Å². The molecule has 2 unspecified atom stereocenters. The molecule has 6 nitrogen and oxygen atoms in total. The molecule has 3 N–H and O–H groups in total. The maximum atomic E-state index is 12.8. The monoisotopic (exact) mass is 394 g/mol. The predicted molar refractivity (Wildman–Crippen MR) is 115 cm³/mol. The van der Waals surface area contributed by atoms with E-state index in [1.807, 2.05) is 18.2 Å². The molecule has 0 bridgehead atoms. The van der Waals surface area contributed by atoms with E-state index in [9.17, 15) is 4.79 Å². The molecule has 0 aliphatic carbocycles. The van der Waals surface area contributed by atoms with Crippen LogP contribution in [0.2, 0.25) is 0 Å². The van der Waals surface area contributed by atoms with Gasteiger partial charge >= 0.3 is 0 Å². The van der Waals surface area contributed by atoms with Gasteiger partial charge in [-0.05, 0) is 61.6 Å². The van der Waals surface area contributed by atoms with Gasteiger partial charge in [-0.1, -0.05) is 24.3 Å². The first kappa shape index (κ1) is 19.7. The van der Waals surface area contributed by atoms with Gasteiger partial charge in [0, 0.05) is 30.9 Å². The summed E-state index contributed by atoms with van der Waals surface area (Å²) in [7, 11) is 1.67. The number of amides is 1. The molecule has 0 radical (unpaired) electrons. The van der Waals surface area contributed by atoms with Crippen LogP contribution in [0.15, 0.2) is 48.5 Å². The molecule has 2 heterocycles. The van der Waals surface area contributed by atoms with Crippen LogP contribution in [0, 0.1) is 6.92 Å². The highest BCUT2D eigenvalue weighted by atomic mass is 16.5. The average Bonchev–Trinajstić information content (AvgIpc) is 3.25. The van der Waals surface area contributed by atoms with Crippen molar-refractivity contribution in [2.75, 3.05) is 25.1 Å². The van der Waals surface area contributed by atoms with Crippen molar-refractivity contribution in [3.8, 4) is 5.75 Å². The number of hydrogen-bond donors (Lipinski definition) is 3. The Labute approximate surface area is 172 Å². The first-order valence-corrected chi connectivity index (χ1v) is 10.4. The first-order chi connectivity index (χ1) is 14.1. The van der Waals surface area contributed by atoms with Crippen LogP contribution < -0.4 is 25.8 Å². The maximum absolute atomic E-state index is 12.8. The summed E-state index contributed by atoms with van der Waals surface area (Å²) in [5, 5.41) is 3.25. The number of aryl methyl sites for hydroxylation is 1. The van der Waals surface area contributed by atoms with Gasteiger partial charge in [-0.3, -0.25) is 4.79 Å². The van der Waals surface area contributed by atoms with Gasteiger partial charge in [0.05, 0.1) is 7.11 Å². The highest BCUT2D eigenvalue weighted by molar-refractivity contribution is 5.82. The zero-order chi connectivity index (χ0) is 20.2. The SMILES string of the molecule is COc1cccc(C2CC(C(=O)NC3CCN(c4cccc(C)c4)CC3)NN2)c1. The molecule has 2 fully saturated rings. The molecule has 1 amide bonds. The van der Waals surface area contributed by atoms with Gasteiger partial charge in [-0.25, -0.2) is 10.9 Å². The van der Waals surface area contributed by atoms with E-state index in [0.717, 1.165) is 43.7 Å². The van der Waals surface area contributed by atoms with Crippen molar-refractivity contribution in [1.29, 1.82) is 0 Å². The Morgan fingerprint density at radius 2 is 1.90 bits per heavy atom. The second-order valence-electron chi connectivity index (χ2n) is 8.02. The van der Waals surface area contributed by atoms with Crippen LogP contribution in [-0.4, -0.2) is 38.2 Å². The lowest BCUT2D eigenvalue weighted by molar-refractivity contribution is -0.123. The lowest BCUT2D eigenvalue weighted by Crippen LogP contribution is -2.50. The summed E-state index contributed by atoms with van der Waals surface area (Å²) in [5.74, 6) is 0.912. The van der Waals surface area contributed by atoms with Crippen LogP contribution >= 0.6 is 0 Å². The molecular formula is C23H30N4O2. The van der Waals surface area contributed by atoms with E-state index in [4.69, 9.17) is 4.74 Å². The molecule has 2 saturated heterocycles. The number of benzene rings is 2. The molecule has 0 aromatic heterocycles. The zero-order valence-electron chi connectivity index (χ0n) is 17.2. The predicted octanol–water partition coefficient (Wildman–Crippen LogP) is 2.70. The molecule has 29 heavy (non-hydrogen) atoms. The molecule has 154 valence electrons. The Bertz CT molecular complexity index is 848. The summed E-state index contributed by atoms with van der Waals surface area (Å²) in [6, 6.07) is 16.7. The third-order valence-electron chi connectivity index (χ3n) is 5.92. The van der Waals surface area contributed by atoms with E-state index >= 15 is 0 Å². The Balaban J connectivity index is 1.27. The minimum absolute atomic E-state index is 0.0805. The van der Waals surface area contributed by atoms with Gasteiger partial charge in [0.15, 0.2) is 0 Å². The van der Waals surface area contributed by atoms with Gasteiger partial charge < -0.3 is 15.0 Å². The Morgan fingerprint density at radius 3 is 2.66 bits per heavy atom. The third-order valence-corrected chi connectivity index (χ3v) is 5.92. The fourth-order valence-corrected chi connectivity index (χ4v) is 4.21. The quantitative estimate of drug-likeness (QED) is 0.728. The van der Waals surface area contributed by atoms with Gasteiger partial charge in [-0.15, -0.1) is 0 Å². The number of nitrogens with zero attached hydrogens (tertiary/aromatic N) is 1. The molecule has 0 saturated carbocycles. The molecule has 2 aliphatic rings. The van der Waals surface area contributed by atoms with Crippen LogP contribution in [0.3, 0.4) is 0 Å². The fourth-order valence-electron chi connectivity index (χ4n) is 4.21. The summed E-state index contributed by atoms with van der Waals surface area (Å²) in [6.07, 6.45) is 2.67. The second-order valence-corrected chi connectivity index (χ2v) is 8.02. The summed E-state index contributed by atoms with van der Waals surface area (Å²) in [6.45, 7) is 4.06. The van der Waals surface area contributed by atoms with E-state index in [1.54, 1.807) is 7.11 Å². The van der Waals surface area contributed by atoms with E-state index in [0.29, 0.717) is 0 Å². The molecule has 6 heteroatoms. The largest absolute Gasteiger partial charge is 0.497 e. The van der Waals surface area contributed by atoms with Crippen molar-refractivity contribution in [2.24, 2.45) is 0 Å². The number of methoxy groups -OCH3 is 1. The Hall–Kier alpha value is -2.57. The Morgan fingerprint density at radius 1 is 1.10 bits per heavy atom. The second kappa shape index (κ2) is 8.84. The molecule has 2 aromatic rings. The minimum Gasteiger partial charge on any atom is -0.497 e. The number of anilines is 1. The molecule has 0 spiro atoms. The first-order valence-electron chi connectivity index (χ1n) is 10.4. The van der Waals surface area contributed by atoms with Crippen LogP contribution in [0.1, 0.15) is 36.4 Å². The molecule has 4 rings (SSSR count). The van der Waals surface area contributed by atoms with E-state index in [2.05, 4.69) is 58.3 Å². The summed E-state index contributed by atoms with van der Waals surface area (Å²) in [4.78, 5) is 15.2. The zero-order valence-corrected chi connectivity index (χ0v) is 17.2. The average molecular weight is 395 g/mol. The fraction of sp³-hybridized carbons (Fsp3) is 0.435. The smallest absolute Gasteiger partial charge is 0.238 e. The number of hydrogen-bond acceptors (Lipinski definition) is 5. The number of carbonyl (C=O) groups is 1. The number of ether oxygens (including phenoxy) is 1. The summed E-state index contributed by atoms with van der Waals surface area (Å²) in [5.41, 5.74) is 10.1. The third kappa shape index (κ3) is 4.71. The summed E-state index contributed by atoms with van der Waals surface area (Å²) >= 11 is 0. The molecule has 2 aromatic carbocycles. The molecule has 2 aliphatic heterocycles. The number of piperidine rings is 1. The minimum atomic E-state index is -0.221. The van der Waals surface area contributed by atoms with Crippen molar-refractivity contribution >= 4 is 11.6 Å². The van der Waals surface area contributed by atoms with Crippen LogP contribution in [-0.2, 0) is 4.79 Å². The van der Waals surface area contributed by atoms with Gasteiger partial charge in [0.2, 0.25) is 5.91 Å². The topological polar surface area (TPSA) is 65.6 Å². The van der Waals surface area contributed by atoms with Gasteiger partial charge in [0.1, 0.15) is 11.8 Å². The van der Waals surface area contributed by atoms with Crippen LogP contribution in [0.25, 0.3) is 0 Å². The normalized spacial score (nSPS) is 22.5. The lowest BCUT2D eigenvalue weighted by atomic mass is 10.00. The van der Waals surface area contributed by atoms with E-state index < -0.39 is 0 Å². The van der Waals surface area contributed by atoms with Crippen molar-refractivity contribution in [3.05, 3.63) is 59.7 Å². The van der Waals surface area contributed by atoms with E-state index in [1.165, 1.54) is 11.3 Å². The molecule has 2 atom stereocenters. The molecular weight excluding hydrogens is 364 g/mol. The van der Waals surface area contributed by atoms with Gasteiger partial charge in [-0.2, -0.15) is 0 Å². The highest BCUT2D eigenvalue weighted by Gasteiger charge is 2.32. The lowest BCUT2D eigenvalue weighted by Gasteiger charge is -2.34. The Kier molecular flexibility index (Phi) is 6.02. The van der Waals surface area contributed by atoms with Crippen molar-refractivity contribution in [2.45, 2.75) is 44.3 Å². The summed E-state index contributed by atoms with van der Waals surface area (Å²) < 4.78 is 5.30.